The lowest BCUT2D eigenvalue weighted by atomic mass is 10.1. The number of aromatic nitrogens is 2. The first-order valence-electron chi connectivity index (χ1n) is 5.96. The zero-order valence-electron chi connectivity index (χ0n) is 10.6. The second-order valence-electron chi connectivity index (χ2n) is 4.05. The van der Waals surface area contributed by atoms with Gasteiger partial charge in [-0.25, -0.2) is 0 Å². The molecule has 0 aliphatic rings. The van der Waals surface area contributed by atoms with Crippen molar-refractivity contribution in [2.75, 3.05) is 7.11 Å². The topological polar surface area (TPSA) is 74.2 Å². The van der Waals surface area contributed by atoms with E-state index in [9.17, 15) is 0 Å². The maximum Gasteiger partial charge on any atom is 0.226 e. The van der Waals surface area contributed by atoms with Gasteiger partial charge in [-0.1, -0.05) is 24.2 Å². The second kappa shape index (κ2) is 5.64. The van der Waals surface area contributed by atoms with E-state index in [-0.39, 0.29) is 0 Å². The van der Waals surface area contributed by atoms with Crippen LogP contribution in [-0.2, 0) is 6.42 Å². The highest BCUT2D eigenvalue weighted by Crippen LogP contribution is 2.21. The quantitative estimate of drug-likeness (QED) is 0.875. The first kappa shape index (κ1) is 12.6. The summed E-state index contributed by atoms with van der Waals surface area (Å²) in [4.78, 5) is 4.29. The molecule has 0 amide bonds. The van der Waals surface area contributed by atoms with Gasteiger partial charge >= 0.3 is 0 Å². The van der Waals surface area contributed by atoms with Gasteiger partial charge in [0.1, 0.15) is 5.75 Å². The zero-order chi connectivity index (χ0) is 13.0. The SMILES string of the molecule is CCCc1nc(C(N)c2cccc(OC)c2)no1. The first-order chi connectivity index (χ1) is 8.74. The lowest BCUT2D eigenvalue weighted by Gasteiger charge is -2.08. The van der Waals surface area contributed by atoms with Crippen LogP contribution in [0.25, 0.3) is 0 Å². The number of methoxy groups -OCH3 is 1. The van der Waals surface area contributed by atoms with E-state index in [0.717, 1.165) is 24.2 Å². The molecule has 0 aliphatic carbocycles. The van der Waals surface area contributed by atoms with Gasteiger partial charge in [-0.2, -0.15) is 4.98 Å². The van der Waals surface area contributed by atoms with Crippen LogP contribution in [0.3, 0.4) is 0 Å². The molecule has 18 heavy (non-hydrogen) atoms. The Kier molecular flexibility index (Phi) is 3.94. The third-order valence-corrected chi connectivity index (χ3v) is 2.68. The van der Waals surface area contributed by atoms with Crippen LogP contribution in [0.5, 0.6) is 5.75 Å². The molecule has 1 aromatic carbocycles. The minimum atomic E-state index is -0.394. The van der Waals surface area contributed by atoms with E-state index in [1.54, 1.807) is 7.11 Å². The average molecular weight is 247 g/mol. The Bertz CT molecular complexity index is 510. The molecule has 1 atom stereocenters. The molecule has 5 nitrogen and oxygen atoms in total. The molecule has 1 unspecified atom stereocenters. The van der Waals surface area contributed by atoms with Gasteiger partial charge in [-0.15, -0.1) is 0 Å². The van der Waals surface area contributed by atoms with Crippen molar-refractivity contribution in [3.05, 3.63) is 41.5 Å². The van der Waals surface area contributed by atoms with E-state index in [1.807, 2.05) is 24.3 Å². The number of hydrogen-bond donors (Lipinski definition) is 1. The predicted octanol–water partition coefficient (Wildman–Crippen LogP) is 2.08. The van der Waals surface area contributed by atoms with E-state index in [2.05, 4.69) is 17.1 Å². The second-order valence-corrected chi connectivity index (χ2v) is 4.05. The molecule has 2 N–H and O–H groups in total. The molecule has 0 bridgehead atoms. The van der Waals surface area contributed by atoms with Crippen LogP contribution in [-0.4, -0.2) is 17.3 Å². The largest absolute Gasteiger partial charge is 0.497 e. The normalized spacial score (nSPS) is 12.4. The highest BCUT2D eigenvalue weighted by atomic mass is 16.5. The minimum Gasteiger partial charge on any atom is -0.497 e. The maximum absolute atomic E-state index is 6.11. The molecule has 5 heteroatoms. The Morgan fingerprint density at radius 2 is 2.28 bits per heavy atom. The van der Waals surface area contributed by atoms with Crippen molar-refractivity contribution in [1.82, 2.24) is 10.1 Å². The molecule has 0 aliphatic heterocycles. The summed E-state index contributed by atoms with van der Waals surface area (Å²) in [7, 11) is 1.62. The van der Waals surface area contributed by atoms with Crippen LogP contribution >= 0.6 is 0 Å². The van der Waals surface area contributed by atoms with Crippen molar-refractivity contribution < 1.29 is 9.26 Å². The van der Waals surface area contributed by atoms with E-state index < -0.39 is 6.04 Å². The summed E-state index contributed by atoms with van der Waals surface area (Å²) in [5.74, 6) is 1.90. The van der Waals surface area contributed by atoms with Crippen LogP contribution in [0.15, 0.2) is 28.8 Å². The summed E-state index contributed by atoms with van der Waals surface area (Å²) in [6.07, 6.45) is 1.74. The summed E-state index contributed by atoms with van der Waals surface area (Å²) in [6, 6.07) is 7.16. The summed E-state index contributed by atoms with van der Waals surface area (Å²) < 4.78 is 10.3. The molecular formula is C13H17N3O2. The summed E-state index contributed by atoms with van der Waals surface area (Å²) in [5, 5.41) is 3.91. The Labute approximate surface area is 106 Å². The molecule has 0 spiro atoms. The Balaban J connectivity index is 2.20. The zero-order valence-corrected chi connectivity index (χ0v) is 10.6. The van der Waals surface area contributed by atoms with Crippen molar-refractivity contribution >= 4 is 0 Å². The molecule has 1 aromatic heterocycles. The molecule has 0 fully saturated rings. The molecule has 0 saturated carbocycles. The standard InChI is InChI=1S/C13H17N3O2/c1-3-5-11-15-13(16-18-11)12(14)9-6-4-7-10(8-9)17-2/h4,6-8,12H,3,5,14H2,1-2H3. The number of ether oxygens (including phenoxy) is 1. The van der Waals surface area contributed by atoms with Crippen molar-refractivity contribution in [2.45, 2.75) is 25.8 Å². The number of hydrogen-bond acceptors (Lipinski definition) is 5. The molecule has 96 valence electrons. The number of aryl methyl sites for hydroxylation is 1. The first-order valence-corrected chi connectivity index (χ1v) is 5.96. The van der Waals surface area contributed by atoms with Gasteiger partial charge in [0.2, 0.25) is 5.89 Å². The Morgan fingerprint density at radius 1 is 1.44 bits per heavy atom. The molecule has 2 aromatic rings. The van der Waals surface area contributed by atoms with Crippen molar-refractivity contribution in [3.8, 4) is 5.75 Å². The number of nitrogens with two attached hydrogens (primary N) is 1. The van der Waals surface area contributed by atoms with Crippen LogP contribution in [0.2, 0.25) is 0 Å². The fourth-order valence-corrected chi connectivity index (χ4v) is 1.69. The lowest BCUT2D eigenvalue weighted by Crippen LogP contribution is -2.13. The molecule has 2 rings (SSSR count). The van der Waals surface area contributed by atoms with Gasteiger partial charge in [0.05, 0.1) is 13.2 Å². The van der Waals surface area contributed by atoms with Gasteiger partial charge in [0.15, 0.2) is 5.82 Å². The van der Waals surface area contributed by atoms with Crippen LogP contribution in [0.1, 0.15) is 36.7 Å². The van der Waals surface area contributed by atoms with E-state index >= 15 is 0 Å². The smallest absolute Gasteiger partial charge is 0.226 e. The number of rotatable bonds is 5. The number of nitrogens with zero attached hydrogens (tertiary/aromatic N) is 2. The summed E-state index contributed by atoms with van der Waals surface area (Å²) >= 11 is 0. The fourth-order valence-electron chi connectivity index (χ4n) is 1.69. The van der Waals surface area contributed by atoms with Crippen molar-refractivity contribution in [2.24, 2.45) is 5.73 Å². The third kappa shape index (κ3) is 2.68. The Hall–Kier alpha value is -1.88. The van der Waals surface area contributed by atoms with Gasteiger partial charge in [-0.05, 0) is 24.1 Å². The van der Waals surface area contributed by atoms with E-state index in [0.29, 0.717) is 11.7 Å². The van der Waals surface area contributed by atoms with Gasteiger partial charge in [0, 0.05) is 6.42 Å². The third-order valence-electron chi connectivity index (χ3n) is 2.68. The number of benzene rings is 1. The Morgan fingerprint density at radius 3 is 3.00 bits per heavy atom. The molecule has 1 heterocycles. The highest BCUT2D eigenvalue weighted by Gasteiger charge is 2.16. The van der Waals surface area contributed by atoms with Gasteiger partial charge < -0.3 is 15.0 Å². The van der Waals surface area contributed by atoms with Gasteiger partial charge in [-0.3, -0.25) is 0 Å². The molecule has 0 radical (unpaired) electrons. The van der Waals surface area contributed by atoms with Crippen LogP contribution < -0.4 is 10.5 Å². The predicted molar refractivity (Wildman–Crippen MR) is 67.3 cm³/mol. The lowest BCUT2D eigenvalue weighted by molar-refractivity contribution is 0.370. The summed E-state index contributed by atoms with van der Waals surface area (Å²) in [6.45, 7) is 2.06. The van der Waals surface area contributed by atoms with Crippen molar-refractivity contribution in [3.63, 3.8) is 0 Å². The molecule has 0 saturated heterocycles. The van der Waals surface area contributed by atoms with Crippen molar-refractivity contribution in [1.29, 1.82) is 0 Å². The van der Waals surface area contributed by atoms with E-state index in [4.69, 9.17) is 15.0 Å². The van der Waals surface area contributed by atoms with Gasteiger partial charge in [0.25, 0.3) is 0 Å². The fraction of sp³-hybridized carbons (Fsp3) is 0.385. The summed E-state index contributed by atoms with van der Waals surface area (Å²) in [5.41, 5.74) is 7.01. The molecular weight excluding hydrogens is 230 g/mol. The highest BCUT2D eigenvalue weighted by molar-refractivity contribution is 5.32. The van der Waals surface area contributed by atoms with Crippen LogP contribution in [0, 0.1) is 0 Å². The maximum atomic E-state index is 6.11. The monoisotopic (exact) mass is 247 g/mol. The minimum absolute atomic E-state index is 0.394. The van der Waals surface area contributed by atoms with Crippen LogP contribution in [0.4, 0.5) is 0 Å². The van der Waals surface area contributed by atoms with E-state index in [1.165, 1.54) is 0 Å². The average Bonchev–Trinajstić information content (AvgIpc) is 2.87.